The van der Waals surface area contributed by atoms with E-state index < -0.39 is 0 Å². The maximum Gasteiger partial charge on any atom is 0.0371 e. The number of nitrogens with two attached hydrogens (primary N) is 1. The first-order valence-electron chi connectivity index (χ1n) is 5.33. The Morgan fingerprint density at radius 3 is 2.38 bits per heavy atom. The van der Waals surface area contributed by atoms with E-state index in [2.05, 4.69) is 22.4 Å². The monoisotopic (exact) mass is 213 g/mol. The van der Waals surface area contributed by atoms with Crippen LogP contribution in [0.15, 0.2) is 48.8 Å². The van der Waals surface area contributed by atoms with Crippen LogP contribution in [-0.4, -0.2) is 11.5 Å². The third-order valence-corrected chi connectivity index (χ3v) is 2.40. The average molecular weight is 213 g/mol. The zero-order valence-electron chi connectivity index (χ0n) is 9.06. The normalized spacial score (nSPS) is 10.0. The summed E-state index contributed by atoms with van der Waals surface area (Å²) in [6.07, 6.45) is 4.56. The van der Waals surface area contributed by atoms with Crippen LogP contribution in [0.3, 0.4) is 0 Å². The van der Waals surface area contributed by atoms with Gasteiger partial charge in [0.25, 0.3) is 0 Å². The molecule has 1 aromatic carbocycles. The van der Waals surface area contributed by atoms with Crippen molar-refractivity contribution >= 4 is 11.4 Å². The number of rotatable bonds is 4. The number of hydrogen-bond acceptors (Lipinski definition) is 3. The zero-order chi connectivity index (χ0) is 11.2. The molecule has 0 spiro atoms. The van der Waals surface area contributed by atoms with Crippen molar-refractivity contribution < 1.29 is 0 Å². The van der Waals surface area contributed by atoms with E-state index in [9.17, 15) is 0 Å². The van der Waals surface area contributed by atoms with E-state index in [1.165, 1.54) is 5.56 Å². The molecule has 0 aliphatic rings. The molecule has 0 aliphatic carbocycles. The van der Waals surface area contributed by atoms with Gasteiger partial charge in [0.2, 0.25) is 0 Å². The van der Waals surface area contributed by atoms with Crippen molar-refractivity contribution in [2.45, 2.75) is 6.42 Å². The Morgan fingerprint density at radius 2 is 1.69 bits per heavy atom. The van der Waals surface area contributed by atoms with Crippen molar-refractivity contribution in [1.82, 2.24) is 4.98 Å². The highest BCUT2D eigenvalue weighted by atomic mass is 14.9. The Labute approximate surface area is 95.3 Å². The molecule has 0 radical (unpaired) electrons. The van der Waals surface area contributed by atoms with Crippen LogP contribution in [-0.2, 0) is 6.42 Å². The van der Waals surface area contributed by atoms with Gasteiger partial charge in [0.05, 0.1) is 0 Å². The number of nitrogens with zero attached hydrogens (tertiary/aromatic N) is 1. The van der Waals surface area contributed by atoms with Gasteiger partial charge in [-0.15, -0.1) is 0 Å². The minimum atomic E-state index is 0.811. The molecule has 0 saturated heterocycles. The lowest BCUT2D eigenvalue weighted by Gasteiger charge is -2.06. The Kier molecular flexibility index (Phi) is 3.38. The lowest BCUT2D eigenvalue weighted by atomic mass is 10.1. The van der Waals surface area contributed by atoms with Crippen LogP contribution in [0.25, 0.3) is 0 Å². The summed E-state index contributed by atoms with van der Waals surface area (Å²) in [6.45, 7) is 0.911. The molecule has 2 aromatic rings. The molecular weight excluding hydrogens is 198 g/mol. The van der Waals surface area contributed by atoms with Gasteiger partial charge in [0, 0.05) is 30.3 Å². The van der Waals surface area contributed by atoms with Gasteiger partial charge in [-0.1, -0.05) is 12.1 Å². The Bertz CT molecular complexity index is 423. The molecule has 0 unspecified atom stereocenters. The molecule has 0 saturated carbocycles. The molecule has 0 aliphatic heterocycles. The quantitative estimate of drug-likeness (QED) is 0.766. The molecule has 82 valence electrons. The second kappa shape index (κ2) is 5.16. The predicted molar refractivity (Wildman–Crippen MR) is 67.3 cm³/mol. The smallest absolute Gasteiger partial charge is 0.0371 e. The second-order valence-electron chi connectivity index (χ2n) is 3.65. The Hall–Kier alpha value is -2.03. The van der Waals surface area contributed by atoms with Crippen LogP contribution in [0.5, 0.6) is 0 Å². The van der Waals surface area contributed by atoms with Crippen LogP contribution in [0.2, 0.25) is 0 Å². The number of anilines is 2. The van der Waals surface area contributed by atoms with Crippen LogP contribution < -0.4 is 11.1 Å². The highest BCUT2D eigenvalue weighted by molar-refractivity contribution is 5.42. The fourth-order valence-corrected chi connectivity index (χ4v) is 1.51. The zero-order valence-corrected chi connectivity index (χ0v) is 9.06. The molecule has 3 N–H and O–H groups in total. The molecule has 3 heteroatoms. The van der Waals surface area contributed by atoms with Crippen molar-refractivity contribution in [3.05, 3.63) is 54.4 Å². The average Bonchev–Trinajstić information content (AvgIpc) is 2.33. The molecule has 0 amide bonds. The van der Waals surface area contributed by atoms with Gasteiger partial charge in [-0.2, -0.15) is 0 Å². The van der Waals surface area contributed by atoms with Crippen LogP contribution in [0.4, 0.5) is 11.4 Å². The van der Waals surface area contributed by atoms with Crippen molar-refractivity contribution in [3.8, 4) is 0 Å². The van der Waals surface area contributed by atoms with Crippen molar-refractivity contribution in [2.75, 3.05) is 17.6 Å². The molecule has 0 bridgehead atoms. The highest BCUT2D eigenvalue weighted by Gasteiger charge is 1.93. The first-order valence-corrected chi connectivity index (χ1v) is 5.33. The number of nitrogen functional groups attached to an aromatic ring is 1. The summed E-state index contributed by atoms with van der Waals surface area (Å²) in [7, 11) is 0. The van der Waals surface area contributed by atoms with E-state index in [1.54, 1.807) is 12.4 Å². The van der Waals surface area contributed by atoms with Gasteiger partial charge in [-0.25, -0.2) is 0 Å². The standard InChI is InChI=1S/C13H15N3/c14-12-3-1-11(2-4-12)5-10-16-13-6-8-15-9-7-13/h1-4,6-9H,5,10,14H2,(H,15,16). The van der Waals surface area contributed by atoms with Crippen molar-refractivity contribution in [3.63, 3.8) is 0 Å². The number of benzene rings is 1. The van der Waals surface area contributed by atoms with Gasteiger partial charge >= 0.3 is 0 Å². The number of pyridine rings is 1. The fraction of sp³-hybridized carbons (Fsp3) is 0.154. The number of aromatic nitrogens is 1. The lowest BCUT2D eigenvalue weighted by Crippen LogP contribution is -2.04. The maximum atomic E-state index is 5.62. The molecule has 0 atom stereocenters. The molecular formula is C13H15N3. The summed E-state index contributed by atoms with van der Waals surface area (Å²) in [5, 5.41) is 3.34. The van der Waals surface area contributed by atoms with Crippen molar-refractivity contribution in [2.24, 2.45) is 0 Å². The molecule has 1 aromatic heterocycles. The largest absolute Gasteiger partial charge is 0.399 e. The van der Waals surface area contributed by atoms with E-state index in [1.807, 2.05) is 24.3 Å². The van der Waals surface area contributed by atoms with Gasteiger partial charge in [-0.3, -0.25) is 4.98 Å². The van der Waals surface area contributed by atoms with E-state index in [0.29, 0.717) is 0 Å². The third kappa shape index (κ3) is 2.98. The number of hydrogen-bond donors (Lipinski definition) is 2. The molecule has 0 fully saturated rings. The summed E-state index contributed by atoms with van der Waals surface area (Å²) in [4.78, 5) is 3.97. The lowest BCUT2D eigenvalue weighted by molar-refractivity contribution is 1.02. The fourth-order valence-electron chi connectivity index (χ4n) is 1.51. The summed E-state index contributed by atoms with van der Waals surface area (Å²) < 4.78 is 0. The minimum absolute atomic E-state index is 0.811. The third-order valence-electron chi connectivity index (χ3n) is 2.40. The summed E-state index contributed by atoms with van der Waals surface area (Å²) >= 11 is 0. The van der Waals surface area contributed by atoms with E-state index in [4.69, 9.17) is 5.73 Å². The van der Waals surface area contributed by atoms with Crippen LogP contribution in [0.1, 0.15) is 5.56 Å². The Balaban J connectivity index is 1.82. The van der Waals surface area contributed by atoms with Gasteiger partial charge in [0.15, 0.2) is 0 Å². The molecule has 1 heterocycles. The predicted octanol–water partition coefficient (Wildman–Crippen LogP) is 2.32. The SMILES string of the molecule is Nc1ccc(CCNc2ccncc2)cc1. The second-order valence-corrected chi connectivity index (χ2v) is 3.65. The van der Waals surface area contributed by atoms with Crippen LogP contribution in [0, 0.1) is 0 Å². The summed E-state index contributed by atoms with van der Waals surface area (Å²) in [6, 6.07) is 11.9. The summed E-state index contributed by atoms with van der Waals surface area (Å²) in [5.74, 6) is 0. The van der Waals surface area contributed by atoms with E-state index in [0.717, 1.165) is 24.3 Å². The molecule has 2 rings (SSSR count). The van der Waals surface area contributed by atoms with Gasteiger partial charge in [-0.05, 0) is 36.2 Å². The van der Waals surface area contributed by atoms with E-state index >= 15 is 0 Å². The van der Waals surface area contributed by atoms with E-state index in [-0.39, 0.29) is 0 Å². The molecule has 3 nitrogen and oxygen atoms in total. The maximum absolute atomic E-state index is 5.62. The topological polar surface area (TPSA) is 50.9 Å². The summed E-state index contributed by atoms with van der Waals surface area (Å²) in [5.41, 5.74) is 8.82. The number of nitrogens with one attached hydrogen (secondary N) is 1. The Morgan fingerprint density at radius 1 is 1.00 bits per heavy atom. The highest BCUT2D eigenvalue weighted by Crippen LogP contribution is 2.07. The van der Waals surface area contributed by atoms with Gasteiger partial charge in [0.1, 0.15) is 0 Å². The van der Waals surface area contributed by atoms with Crippen molar-refractivity contribution in [1.29, 1.82) is 0 Å². The molecule has 16 heavy (non-hydrogen) atoms. The first-order chi connectivity index (χ1) is 7.84. The first kappa shape index (κ1) is 10.5. The van der Waals surface area contributed by atoms with Gasteiger partial charge < -0.3 is 11.1 Å². The van der Waals surface area contributed by atoms with Crippen LogP contribution >= 0.6 is 0 Å². The minimum Gasteiger partial charge on any atom is -0.399 e.